The van der Waals surface area contributed by atoms with Gasteiger partial charge >= 0.3 is 0 Å². The van der Waals surface area contributed by atoms with E-state index in [4.69, 9.17) is 4.74 Å². The van der Waals surface area contributed by atoms with E-state index in [0.717, 1.165) is 18.5 Å². The zero-order valence-electron chi connectivity index (χ0n) is 13.5. The molecule has 1 N–H and O–H groups in total. The van der Waals surface area contributed by atoms with Gasteiger partial charge in [0.2, 0.25) is 16.0 Å². The average molecular weight is 339 g/mol. The molecule has 0 spiro atoms. The normalized spacial score (nSPS) is 10.9. The molecule has 2 aromatic heterocycles. The number of ether oxygens (including phenoxy) is 1. The Hall–Kier alpha value is -2.00. The van der Waals surface area contributed by atoms with Crippen molar-refractivity contribution in [3.05, 3.63) is 22.1 Å². The quantitative estimate of drug-likeness (QED) is 0.696. The predicted octanol–water partition coefficient (Wildman–Crippen LogP) is 0.302. The van der Waals surface area contributed by atoms with Gasteiger partial charge < -0.3 is 15.0 Å². The number of amides is 1. The van der Waals surface area contributed by atoms with E-state index < -0.39 is 0 Å². The van der Waals surface area contributed by atoms with Gasteiger partial charge in [-0.3, -0.25) is 9.59 Å². The SMILES string of the molecule is CCCc1cc(=O)n2nc(N(C)CC(=O)NCCOC)sc2n1. The summed E-state index contributed by atoms with van der Waals surface area (Å²) in [7, 11) is 3.34. The topological polar surface area (TPSA) is 88.8 Å². The van der Waals surface area contributed by atoms with E-state index in [0.29, 0.717) is 23.2 Å². The van der Waals surface area contributed by atoms with E-state index in [9.17, 15) is 9.59 Å². The maximum Gasteiger partial charge on any atom is 0.275 e. The van der Waals surface area contributed by atoms with Crippen LogP contribution in [0.2, 0.25) is 0 Å². The Morgan fingerprint density at radius 1 is 1.52 bits per heavy atom. The Kier molecular flexibility index (Phi) is 6.05. The zero-order chi connectivity index (χ0) is 16.8. The number of nitrogens with zero attached hydrogens (tertiary/aromatic N) is 4. The molecule has 0 aliphatic heterocycles. The minimum Gasteiger partial charge on any atom is -0.383 e. The molecule has 2 aromatic rings. The van der Waals surface area contributed by atoms with Crippen molar-refractivity contribution in [3.8, 4) is 0 Å². The lowest BCUT2D eigenvalue weighted by Gasteiger charge is -2.14. The third-order valence-electron chi connectivity index (χ3n) is 3.13. The monoisotopic (exact) mass is 339 g/mol. The van der Waals surface area contributed by atoms with Crippen LogP contribution in [0.25, 0.3) is 4.96 Å². The standard InChI is InChI=1S/C14H21N5O3S/c1-4-5-10-8-12(21)19-13(16-10)23-14(17-19)18(2)9-11(20)15-6-7-22-3/h8H,4-7,9H2,1-3H3,(H,15,20). The minimum atomic E-state index is -0.195. The molecular weight excluding hydrogens is 318 g/mol. The van der Waals surface area contributed by atoms with Crippen molar-refractivity contribution < 1.29 is 9.53 Å². The fourth-order valence-electron chi connectivity index (χ4n) is 2.02. The van der Waals surface area contributed by atoms with Crippen LogP contribution in [0.4, 0.5) is 5.13 Å². The number of hydrogen-bond acceptors (Lipinski definition) is 7. The summed E-state index contributed by atoms with van der Waals surface area (Å²) in [6.07, 6.45) is 1.69. The Balaban J connectivity index is 2.12. The molecule has 23 heavy (non-hydrogen) atoms. The van der Waals surface area contributed by atoms with Gasteiger partial charge in [-0.25, -0.2) is 4.98 Å². The Labute approximate surface area is 138 Å². The number of nitrogens with one attached hydrogen (secondary N) is 1. The third kappa shape index (κ3) is 4.49. The number of anilines is 1. The molecule has 0 radical (unpaired) electrons. The van der Waals surface area contributed by atoms with Crippen LogP contribution in [0.3, 0.4) is 0 Å². The molecule has 0 unspecified atom stereocenters. The van der Waals surface area contributed by atoms with E-state index in [1.54, 1.807) is 19.1 Å². The van der Waals surface area contributed by atoms with Crippen LogP contribution in [0, 0.1) is 0 Å². The second-order valence-corrected chi connectivity index (χ2v) is 6.05. The molecule has 9 heteroatoms. The second kappa shape index (κ2) is 8.02. The summed E-state index contributed by atoms with van der Waals surface area (Å²) in [5.41, 5.74) is 0.576. The molecule has 0 saturated carbocycles. The van der Waals surface area contributed by atoms with Crippen molar-refractivity contribution in [1.29, 1.82) is 0 Å². The Morgan fingerprint density at radius 2 is 2.30 bits per heavy atom. The summed E-state index contributed by atoms with van der Waals surface area (Å²) in [5.74, 6) is -0.129. The molecule has 126 valence electrons. The Morgan fingerprint density at radius 3 is 3.00 bits per heavy atom. The highest BCUT2D eigenvalue weighted by atomic mass is 32.1. The van der Waals surface area contributed by atoms with E-state index in [-0.39, 0.29) is 18.0 Å². The number of carbonyl (C=O) groups is 1. The summed E-state index contributed by atoms with van der Waals surface area (Å²) in [6.45, 7) is 3.12. The van der Waals surface area contributed by atoms with E-state index in [2.05, 4.69) is 15.4 Å². The van der Waals surface area contributed by atoms with Crippen LogP contribution in [-0.2, 0) is 16.0 Å². The molecule has 2 rings (SSSR count). The molecule has 0 bridgehead atoms. The van der Waals surface area contributed by atoms with Gasteiger partial charge in [0.15, 0.2) is 0 Å². The summed E-state index contributed by atoms with van der Waals surface area (Å²) in [5, 5.41) is 7.56. The molecule has 0 saturated heterocycles. The van der Waals surface area contributed by atoms with Crippen LogP contribution in [0.5, 0.6) is 0 Å². The highest BCUT2D eigenvalue weighted by Crippen LogP contribution is 2.20. The van der Waals surface area contributed by atoms with Crippen molar-refractivity contribution in [3.63, 3.8) is 0 Å². The largest absolute Gasteiger partial charge is 0.383 e. The fourth-order valence-corrected chi connectivity index (χ4v) is 2.90. The van der Waals surface area contributed by atoms with Crippen LogP contribution in [0.15, 0.2) is 10.9 Å². The first-order chi connectivity index (χ1) is 11.0. The van der Waals surface area contributed by atoms with Gasteiger partial charge in [0.25, 0.3) is 5.56 Å². The first-order valence-electron chi connectivity index (χ1n) is 7.41. The fraction of sp³-hybridized carbons (Fsp3) is 0.571. The van der Waals surface area contributed by atoms with Gasteiger partial charge in [-0.1, -0.05) is 24.7 Å². The van der Waals surface area contributed by atoms with Crippen molar-refractivity contribution in [1.82, 2.24) is 19.9 Å². The maximum absolute atomic E-state index is 12.1. The van der Waals surface area contributed by atoms with Crippen molar-refractivity contribution in [2.24, 2.45) is 0 Å². The summed E-state index contributed by atoms with van der Waals surface area (Å²) < 4.78 is 6.16. The number of likely N-dealkylation sites (N-methyl/N-ethyl adjacent to an activating group) is 1. The summed E-state index contributed by atoms with van der Waals surface area (Å²) in [6, 6.07) is 1.51. The smallest absolute Gasteiger partial charge is 0.275 e. The van der Waals surface area contributed by atoms with Crippen molar-refractivity contribution in [2.45, 2.75) is 19.8 Å². The maximum atomic E-state index is 12.1. The summed E-state index contributed by atoms with van der Waals surface area (Å²) >= 11 is 1.29. The highest BCUT2D eigenvalue weighted by molar-refractivity contribution is 7.20. The van der Waals surface area contributed by atoms with E-state index in [1.165, 1.54) is 21.9 Å². The van der Waals surface area contributed by atoms with Gasteiger partial charge in [0, 0.05) is 32.5 Å². The number of rotatable bonds is 8. The molecule has 2 heterocycles. The van der Waals surface area contributed by atoms with E-state index in [1.807, 2.05) is 6.92 Å². The summed E-state index contributed by atoms with van der Waals surface area (Å²) in [4.78, 5) is 30.6. The van der Waals surface area contributed by atoms with Gasteiger partial charge in [-0.2, -0.15) is 4.52 Å². The molecule has 0 aliphatic rings. The first-order valence-corrected chi connectivity index (χ1v) is 8.23. The number of fused-ring (bicyclic) bond motifs is 1. The molecular formula is C14H21N5O3S. The lowest BCUT2D eigenvalue weighted by Crippen LogP contribution is -2.36. The minimum absolute atomic E-state index is 0.129. The predicted molar refractivity (Wildman–Crippen MR) is 89.3 cm³/mol. The molecule has 0 aromatic carbocycles. The molecule has 0 aliphatic carbocycles. The van der Waals surface area contributed by atoms with Gasteiger partial charge in [-0.15, -0.1) is 5.10 Å². The van der Waals surface area contributed by atoms with Gasteiger partial charge in [-0.05, 0) is 6.42 Å². The highest BCUT2D eigenvalue weighted by Gasteiger charge is 2.14. The van der Waals surface area contributed by atoms with Crippen molar-refractivity contribution >= 4 is 27.3 Å². The molecule has 0 atom stereocenters. The zero-order valence-corrected chi connectivity index (χ0v) is 14.4. The van der Waals surface area contributed by atoms with Gasteiger partial charge in [0.05, 0.1) is 13.2 Å². The molecule has 0 fully saturated rings. The first kappa shape index (κ1) is 17.4. The van der Waals surface area contributed by atoms with Crippen molar-refractivity contribution in [2.75, 3.05) is 38.8 Å². The number of hydrogen-bond donors (Lipinski definition) is 1. The number of methoxy groups -OCH3 is 1. The second-order valence-electron chi connectivity index (χ2n) is 5.11. The van der Waals surface area contributed by atoms with Crippen LogP contribution in [-0.4, -0.2) is 54.4 Å². The van der Waals surface area contributed by atoms with Gasteiger partial charge in [0.1, 0.15) is 0 Å². The number of carbonyl (C=O) groups excluding carboxylic acids is 1. The molecule has 1 amide bonds. The Bertz CT molecular complexity index is 727. The lowest BCUT2D eigenvalue weighted by molar-refractivity contribution is -0.119. The third-order valence-corrected chi connectivity index (χ3v) is 4.15. The van der Waals surface area contributed by atoms with Crippen LogP contribution >= 0.6 is 11.3 Å². The lowest BCUT2D eigenvalue weighted by atomic mass is 10.2. The molecule has 8 nitrogen and oxygen atoms in total. The number of aryl methyl sites for hydroxylation is 1. The average Bonchev–Trinajstić information content (AvgIpc) is 2.92. The van der Waals surface area contributed by atoms with Crippen LogP contribution < -0.4 is 15.8 Å². The number of aromatic nitrogens is 3. The van der Waals surface area contributed by atoms with E-state index >= 15 is 0 Å². The van der Waals surface area contributed by atoms with Crippen LogP contribution in [0.1, 0.15) is 19.0 Å².